The summed E-state index contributed by atoms with van der Waals surface area (Å²) in [5.41, 5.74) is -0.0782. The van der Waals surface area contributed by atoms with E-state index in [1.165, 1.54) is 6.08 Å². The maximum Gasteiger partial charge on any atom is 0.328 e. The van der Waals surface area contributed by atoms with Crippen LogP contribution in [-0.2, 0) is 14.3 Å². The van der Waals surface area contributed by atoms with E-state index in [2.05, 4.69) is 0 Å². The first-order chi connectivity index (χ1) is 9.90. The van der Waals surface area contributed by atoms with Crippen molar-refractivity contribution in [2.24, 2.45) is 5.92 Å². The fourth-order valence-corrected chi connectivity index (χ4v) is 1.99. The molecule has 0 aromatic rings. The van der Waals surface area contributed by atoms with Gasteiger partial charge < -0.3 is 9.84 Å². The molecule has 0 saturated heterocycles. The van der Waals surface area contributed by atoms with Gasteiger partial charge in [-0.2, -0.15) is 0 Å². The van der Waals surface area contributed by atoms with Crippen molar-refractivity contribution in [1.29, 1.82) is 0 Å². The van der Waals surface area contributed by atoms with Gasteiger partial charge in [-0.3, -0.25) is 4.79 Å². The van der Waals surface area contributed by atoms with Crippen LogP contribution in [0.2, 0.25) is 0 Å². The lowest BCUT2D eigenvalue weighted by Crippen LogP contribution is -2.30. The maximum absolute atomic E-state index is 12.1. The summed E-state index contributed by atoms with van der Waals surface area (Å²) >= 11 is 0. The number of hydrogen-bond acceptors (Lipinski definition) is 3. The van der Waals surface area contributed by atoms with E-state index in [0.29, 0.717) is 0 Å². The molecular formula is C17H22O4. The molecule has 1 aliphatic carbocycles. The van der Waals surface area contributed by atoms with Crippen LogP contribution < -0.4 is 0 Å². The summed E-state index contributed by atoms with van der Waals surface area (Å²) in [6, 6.07) is 0. The molecule has 0 fully saturated rings. The summed E-state index contributed by atoms with van der Waals surface area (Å²) in [5.74, 6) is -1.30. The van der Waals surface area contributed by atoms with Crippen molar-refractivity contribution in [3.05, 3.63) is 48.1 Å². The van der Waals surface area contributed by atoms with Gasteiger partial charge in [0.1, 0.15) is 5.60 Å². The SMILES string of the molecule is CCC(CC)C(=O)OC1(C)C=CC=C(/C=C/C(=O)O)C=C1. The second-order valence-corrected chi connectivity index (χ2v) is 5.15. The van der Waals surface area contributed by atoms with Crippen molar-refractivity contribution in [2.75, 3.05) is 0 Å². The quantitative estimate of drug-likeness (QED) is 0.601. The van der Waals surface area contributed by atoms with Gasteiger partial charge in [0, 0.05) is 6.08 Å². The molecule has 0 heterocycles. The van der Waals surface area contributed by atoms with Crippen LogP contribution in [0, 0.1) is 5.92 Å². The minimum Gasteiger partial charge on any atom is -0.478 e. The summed E-state index contributed by atoms with van der Waals surface area (Å²) in [6.45, 7) is 5.73. The summed E-state index contributed by atoms with van der Waals surface area (Å²) in [6.07, 6.45) is 12.9. The van der Waals surface area contributed by atoms with Crippen LogP contribution in [0.3, 0.4) is 0 Å². The van der Waals surface area contributed by atoms with Gasteiger partial charge in [0.05, 0.1) is 5.92 Å². The van der Waals surface area contributed by atoms with E-state index in [4.69, 9.17) is 9.84 Å². The minimum absolute atomic E-state index is 0.0915. The predicted molar refractivity (Wildman–Crippen MR) is 81.7 cm³/mol. The number of esters is 1. The molecule has 4 nitrogen and oxygen atoms in total. The smallest absolute Gasteiger partial charge is 0.328 e. The molecule has 0 aromatic heterocycles. The highest BCUT2D eigenvalue weighted by molar-refractivity contribution is 5.80. The largest absolute Gasteiger partial charge is 0.478 e. The van der Waals surface area contributed by atoms with Crippen LogP contribution in [-0.4, -0.2) is 22.6 Å². The van der Waals surface area contributed by atoms with Gasteiger partial charge in [-0.1, -0.05) is 32.1 Å². The summed E-state index contributed by atoms with van der Waals surface area (Å²) in [7, 11) is 0. The van der Waals surface area contributed by atoms with E-state index in [9.17, 15) is 9.59 Å². The van der Waals surface area contributed by atoms with Gasteiger partial charge in [-0.05, 0) is 43.6 Å². The number of hydrogen-bond donors (Lipinski definition) is 1. The van der Waals surface area contributed by atoms with Crippen LogP contribution in [0.4, 0.5) is 0 Å². The third-order valence-corrected chi connectivity index (χ3v) is 3.38. The van der Waals surface area contributed by atoms with Crippen molar-refractivity contribution in [2.45, 2.75) is 39.2 Å². The molecule has 0 aliphatic heterocycles. The molecule has 114 valence electrons. The van der Waals surface area contributed by atoms with Gasteiger partial charge in [0.15, 0.2) is 0 Å². The van der Waals surface area contributed by atoms with Crippen molar-refractivity contribution in [3.63, 3.8) is 0 Å². The van der Waals surface area contributed by atoms with Crippen LogP contribution in [0.25, 0.3) is 0 Å². The van der Waals surface area contributed by atoms with Gasteiger partial charge in [-0.15, -0.1) is 0 Å². The zero-order valence-corrected chi connectivity index (χ0v) is 12.7. The zero-order chi connectivity index (χ0) is 15.9. The molecule has 21 heavy (non-hydrogen) atoms. The molecule has 0 saturated carbocycles. The van der Waals surface area contributed by atoms with Crippen molar-refractivity contribution in [3.8, 4) is 0 Å². The Morgan fingerprint density at radius 1 is 1.33 bits per heavy atom. The van der Waals surface area contributed by atoms with E-state index >= 15 is 0 Å². The Morgan fingerprint density at radius 2 is 2.00 bits per heavy atom. The van der Waals surface area contributed by atoms with Crippen molar-refractivity contribution in [1.82, 2.24) is 0 Å². The lowest BCUT2D eigenvalue weighted by molar-refractivity contribution is -0.155. The Bertz CT molecular complexity index is 507. The number of carbonyl (C=O) groups excluding carboxylic acids is 1. The fraction of sp³-hybridized carbons (Fsp3) is 0.412. The minimum atomic E-state index is -1.000. The Balaban J connectivity index is 2.80. The predicted octanol–water partition coefficient (Wildman–Crippen LogP) is 3.42. The third-order valence-electron chi connectivity index (χ3n) is 3.38. The van der Waals surface area contributed by atoms with Gasteiger partial charge in [0.25, 0.3) is 0 Å². The average molecular weight is 290 g/mol. The number of carbonyl (C=O) groups is 2. The van der Waals surface area contributed by atoms with Crippen LogP contribution in [0.1, 0.15) is 33.6 Å². The van der Waals surface area contributed by atoms with E-state index in [1.54, 1.807) is 37.3 Å². The molecule has 0 amide bonds. The highest BCUT2D eigenvalue weighted by Gasteiger charge is 2.26. The van der Waals surface area contributed by atoms with Crippen LogP contribution >= 0.6 is 0 Å². The third kappa shape index (κ3) is 5.42. The Labute approximate surface area is 125 Å². The first kappa shape index (κ1) is 17.0. The molecule has 1 rings (SSSR count). The monoisotopic (exact) mass is 290 g/mol. The van der Waals surface area contributed by atoms with Gasteiger partial charge in [-0.25, -0.2) is 4.79 Å². The number of rotatable bonds is 6. The van der Waals surface area contributed by atoms with E-state index < -0.39 is 11.6 Å². The average Bonchev–Trinajstić information content (AvgIpc) is 2.60. The first-order valence-electron chi connectivity index (χ1n) is 7.12. The molecular weight excluding hydrogens is 268 g/mol. The van der Waals surface area contributed by atoms with Crippen molar-refractivity contribution < 1.29 is 19.4 Å². The second kappa shape index (κ2) is 7.62. The molecule has 1 atom stereocenters. The molecule has 1 unspecified atom stereocenters. The van der Waals surface area contributed by atoms with Gasteiger partial charge >= 0.3 is 11.9 Å². The fourth-order valence-electron chi connectivity index (χ4n) is 1.99. The molecule has 0 radical (unpaired) electrons. The topological polar surface area (TPSA) is 63.6 Å². The Morgan fingerprint density at radius 3 is 2.57 bits per heavy atom. The van der Waals surface area contributed by atoms with Crippen molar-refractivity contribution >= 4 is 11.9 Å². The normalized spacial score (nSPS) is 21.4. The van der Waals surface area contributed by atoms with Gasteiger partial charge in [0.2, 0.25) is 0 Å². The Hall–Kier alpha value is -2.10. The van der Waals surface area contributed by atoms with E-state index in [1.807, 2.05) is 13.8 Å². The summed E-state index contributed by atoms with van der Waals surface area (Å²) < 4.78 is 5.59. The molecule has 1 aliphatic rings. The molecule has 0 spiro atoms. The number of carboxylic acids is 1. The first-order valence-corrected chi connectivity index (χ1v) is 7.12. The highest BCUT2D eigenvalue weighted by atomic mass is 16.6. The lowest BCUT2D eigenvalue weighted by atomic mass is 10.0. The summed E-state index contributed by atoms with van der Waals surface area (Å²) in [4.78, 5) is 22.6. The highest BCUT2D eigenvalue weighted by Crippen LogP contribution is 2.23. The molecule has 0 bridgehead atoms. The number of allylic oxidation sites excluding steroid dienone is 5. The lowest BCUT2D eigenvalue weighted by Gasteiger charge is -2.24. The molecule has 0 aromatic carbocycles. The molecule has 4 heteroatoms. The molecule has 1 N–H and O–H groups in total. The number of ether oxygens (including phenoxy) is 1. The number of aliphatic carboxylic acids is 1. The summed E-state index contributed by atoms with van der Waals surface area (Å²) in [5, 5.41) is 8.63. The van der Waals surface area contributed by atoms with E-state index in [-0.39, 0.29) is 11.9 Å². The van der Waals surface area contributed by atoms with E-state index in [0.717, 1.165) is 24.5 Å². The Kier molecular flexibility index (Phi) is 6.15. The van der Waals surface area contributed by atoms with Crippen LogP contribution in [0.5, 0.6) is 0 Å². The van der Waals surface area contributed by atoms with Crippen LogP contribution in [0.15, 0.2) is 48.1 Å². The second-order valence-electron chi connectivity index (χ2n) is 5.15. The zero-order valence-electron chi connectivity index (χ0n) is 12.7. The standard InChI is InChI=1S/C17H22O4/c1-4-14(5-2)16(20)21-17(3)11-6-7-13(10-12-17)8-9-15(18)19/h6-12,14H,4-5H2,1-3H3,(H,18,19)/b9-8+. The number of carboxylic acid groups (broad SMARTS) is 1. The maximum atomic E-state index is 12.1.